The molecule has 0 aliphatic heterocycles. The van der Waals surface area contributed by atoms with Gasteiger partial charge in [0, 0.05) is 23.6 Å². The van der Waals surface area contributed by atoms with Crippen LogP contribution in [0.4, 0.5) is 0 Å². The number of aromatic hydroxyl groups is 5. The number of benzene rings is 3. The maximum atomic E-state index is 14.3. The Morgan fingerprint density at radius 2 is 1.50 bits per heavy atom. The Bertz CT molecular complexity index is 2000. The third-order valence-electron chi connectivity index (χ3n) is 9.02. The zero-order valence-electron chi connectivity index (χ0n) is 24.5. The number of hydrogen-bond donors (Lipinski definition) is 6. The molecular formula is C33H26O13. The number of carbonyl (C=O) groups excluding carboxylic acids is 5. The van der Waals surface area contributed by atoms with E-state index < -0.39 is 109 Å². The van der Waals surface area contributed by atoms with E-state index in [4.69, 9.17) is 4.74 Å². The van der Waals surface area contributed by atoms with Gasteiger partial charge < -0.3 is 40.1 Å². The van der Waals surface area contributed by atoms with E-state index >= 15 is 0 Å². The first kappa shape index (κ1) is 30.3. The highest BCUT2D eigenvalue weighted by atomic mass is 16.5. The summed E-state index contributed by atoms with van der Waals surface area (Å²) in [7, 11) is 0.958. The molecule has 13 nitrogen and oxygen atoms in total. The normalized spacial score (nSPS) is 22.6. The summed E-state index contributed by atoms with van der Waals surface area (Å²) in [6.45, 7) is 2.71. The molecule has 0 radical (unpaired) electrons. The molecule has 6 N–H and O–H groups in total. The van der Waals surface area contributed by atoms with Gasteiger partial charge in [0.2, 0.25) is 23.0 Å². The molecule has 3 atom stereocenters. The Morgan fingerprint density at radius 1 is 0.848 bits per heavy atom. The molecule has 2 bridgehead atoms. The van der Waals surface area contributed by atoms with E-state index in [9.17, 15) is 54.6 Å². The summed E-state index contributed by atoms with van der Waals surface area (Å²) in [6, 6.07) is 5.57. The number of carbonyl (C=O) groups is 5. The molecule has 0 aromatic heterocycles. The Balaban J connectivity index is 1.62. The summed E-state index contributed by atoms with van der Waals surface area (Å²) in [5.74, 6) is -9.77. The van der Waals surface area contributed by atoms with Crippen LogP contribution in [-0.2, 0) is 25.5 Å². The predicted octanol–water partition coefficient (Wildman–Crippen LogP) is 2.67. The van der Waals surface area contributed by atoms with Crippen LogP contribution in [0.25, 0.3) is 5.57 Å². The maximum Gasteiger partial charge on any atom is 0.342 e. The summed E-state index contributed by atoms with van der Waals surface area (Å²) in [4.78, 5) is 67.0. The third kappa shape index (κ3) is 3.75. The van der Waals surface area contributed by atoms with Gasteiger partial charge in [0.1, 0.15) is 46.0 Å². The molecule has 0 saturated heterocycles. The largest absolute Gasteiger partial charge is 0.507 e. The second-order valence-electron chi connectivity index (χ2n) is 11.6. The minimum atomic E-state index is -2.94. The van der Waals surface area contributed by atoms with Crippen molar-refractivity contribution in [2.75, 3.05) is 7.11 Å². The van der Waals surface area contributed by atoms with E-state index in [-0.39, 0.29) is 23.1 Å². The van der Waals surface area contributed by atoms with Crippen molar-refractivity contribution in [3.63, 3.8) is 0 Å². The first-order chi connectivity index (χ1) is 21.6. The Hall–Kier alpha value is -5.69. The van der Waals surface area contributed by atoms with Gasteiger partial charge in [-0.3, -0.25) is 19.2 Å². The standard InChI is InChI=1S/C33H26O13/c1-12-8-16-22(19(37)9-12)29(42)33(44)28(41)15-6-7-32(33,30(16)46-13(2)34)11-14-10-20(38)25(26(39)21(14)15)27(40)23-17(35)4-5-18(36)24(23)31(43)45-3/h4-6,8-10,30,35-39,44H,7,11H2,1-3H3/t30-,32+,33?/m0/s1. The number of hydrogen-bond acceptors (Lipinski definition) is 13. The molecule has 1 spiro atoms. The molecule has 0 fully saturated rings. The highest BCUT2D eigenvalue weighted by Crippen LogP contribution is 2.63. The molecule has 1 unspecified atom stereocenters. The highest BCUT2D eigenvalue weighted by Gasteiger charge is 2.71. The van der Waals surface area contributed by atoms with Crippen molar-refractivity contribution in [2.24, 2.45) is 5.41 Å². The molecular weight excluding hydrogens is 604 g/mol. The molecule has 4 aliphatic carbocycles. The quantitative estimate of drug-likeness (QED) is 0.106. The number of allylic oxidation sites excluding steroid dienone is 1. The number of rotatable bonds is 4. The minimum Gasteiger partial charge on any atom is -0.507 e. The van der Waals surface area contributed by atoms with Crippen LogP contribution in [0.5, 0.6) is 28.7 Å². The van der Waals surface area contributed by atoms with E-state index in [1.165, 1.54) is 18.2 Å². The van der Waals surface area contributed by atoms with Gasteiger partial charge in [-0.2, -0.15) is 0 Å². The lowest BCUT2D eigenvalue weighted by atomic mass is 9.52. The maximum absolute atomic E-state index is 14.3. The fourth-order valence-corrected chi connectivity index (χ4v) is 7.11. The van der Waals surface area contributed by atoms with Crippen LogP contribution in [0.2, 0.25) is 0 Å². The molecule has 0 amide bonds. The van der Waals surface area contributed by atoms with E-state index in [1.54, 1.807) is 6.92 Å². The van der Waals surface area contributed by atoms with Crippen LogP contribution in [0.1, 0.15) is 78.3 Å². The molecule has 0 heterocycles. The van der Waals surface area contributed by atoms with Crippen molar-refractivity contribution >= 4 is 34.9 Å². The number of Topliss-reactive ketones (excluding diaryl/α,β-unsaturated/α-hetero) is 2. The summed E-state index contributed by atoms with van der Waals surface area (Å²) >= 11 is 0. The van der Waals surface area contributed by atoms with Crippen molar-refractivity contribution in [2.45, 2.75) is 38.4 Å². The van der Waals surface area contributed by atoms with Gasteiger partial charge in [0.15, 0.2) is 0 Å². The number of esters is 2. The molecule has 3 aromatic rings. The molecule has 7 rings (SSSR count). The summed E-state index contributed by atoms with van der Waals surface area (Å²) in [6.07, 6.45) is -0.883. The van der Waals surface area contributed by atoms with Gasteiger partial charge in [-0.15, -0.1) is 0 Å². The van der Waals surface area contributed by atoms with Gasteiger partial charge in [-0.05, 0) is 55.2 Å². The summed E-state index contributed by atoms with van der Waals surface area (Å²) in [5, 5.41) is 66.6. The SMILES string of the molecule is COC(=O)c1c(O)ccc(O)c1C(=O)c1c(O)cc2c(c1O)C1=CC[C@@]3(C2)[C@@H](OC(C)=O)c2cc(C)cc(O)c2C(=O)C3(O)C1=O. The predicted molar refractivity (Wildman–Crippen MR) is 155 cm³/mol. The molecule has 236 valence electrons. The second kappa shape index (κ2) is 9.91. The second-order valence-corrected chi connectivity index (χ2v) is 11.6. The number of ketones is 3. The van der Waals surface area contributed by atoms with Crippen LogP contribution in [0, 0.1) is 12.3 Å². The van der Waals surface area contributed by atoms with Crippen LogP contribution < -0.4 is 0 Å². The number of methoxy groups -OCH3 is 1. The van der Waals surface area contributed by atoms with Gasteiger partial charge in [-0.1, -0.05) is 12.1 Å². The zero-order valence-corrected chi connectivity index (χ0v) is 24.5. The fourth-order valence-electron chi connectivity index (χ4n) is 7.11. The van der Waals surface area contributed by atoms with Gasteiger partial charge in [0.25, 0.3) is 0 Å². The first-order valence-electron chi connectivity index (χ1n) is 13.9. The van der Waals surface area contributed by atoms with Crippen LogP contribution >= 0.6 is 0 Å². The summed E-state index contributed by atoms with van der Waals surface area (Å²) in [5.41, 5.74) is -8.00. The highest BCUT2D eigenvalue weighted by molar-refractivity contribution is 6.37. The lowest BCUT2D eigenvalue weighted by Gasteiger charge is -2.52. The van der Waals surface area contributed by atoms with Crippen LogP contribution in [-0.4, -0.2) is 72.6 Å². The number of aryl methyl sites for hydroxylation is 1. The number of ether oxygens (including phenoxy) is 2. The van der Waals surface area contributed by atoms with Crippen molar-refractivity contribution in [3.8, 4) is 28.7 Å². The number of aliphatic hydroxyl groups is 1. The number of fused-ring (bicyclic) bond motifs is 2. The lowest BCUT2D eigenvalue weighted by Crippen LogP contribution is -2.66. The van der Waals surface area contributed by atoms with Crippen LogP contribution in [0.3, 0.4) is 0 Å². The zero-order chi connectivity index (χ0) is 33.6. The van der Waals surface area contributed by atoms with E-state index in [1.807, 2.05) is 0 Å². The first-order valence-corrected chi connectivity index (χ1v) is 13.9. The average molecular weight is 631 g/mol. The monoisotopic (exact) mass is 630 g/mol. The Morgan fingerprint density at radius 3 is 2.13 bits per heavy atom. The smallest absolute Gasteiger partial charge is 0.342 e. The van der Waals surface area contributed by atoms with E-state index in [0.717, 1.165) is 32.2 Å². The molecule has 13 heteroatoms. The Kier molecular flexibility index (Phi) is 6.53. The topological polar surface area (TPSA) is 225 Å². The minimum absolute atomic E-state index is 0.0156. The van der Waals surface area contributed by atoms with Crippen molar-refractivity contribution in [1.82, 2.24) is 0 Å². The lowest BCUT2D eigenvalue weighted by molar-refractivity contribution is -0.178. The average Bonchev–Trinajstić information content (AvgIpc) is 3.19. The summed E-state index contributed by atoms with van der Waals surface area (Å²) < 4.78 is 10.3. The van der Waals surface area contributed by atoms with Gasteiger partial charge >= 0.3 is 11.9 Å². The molecule has 3 aromatic carbocycles. The third-order valence-corrected chi connectivity index (χ3v) is 9.02. The van der Waals surface area contributed by atoms with Crippen molar-refractivity contribution < 1.29 is 64.1 Å². The fraction of sp³-hybridized carbons (Fsp3) is 0.242. The molecule has 4 aliphatic rings. The van der Waals surface area contributed by atoms with E-state index in [0.29, 0.717) is 5.56 Å². The van der Waals surface area contributed by atoms with Gasteiger partial charge in [-0.25, -0.2) is 4.79 Å². The van der Waals surface area contributed by atoms with Gasteiger partial charge in [0.05, 0.1) is 23.7 Å². The Labute approximate surface area is 259 Å². The van der Waals surface area contributed by atoms with Crippen LogP contribution in [0.15, 0.2) is 36.4 Å². The van der Waals surface area contributed by atoms with Crippen molar-refractivity contribution in [3.05, 3.63) is 80.9 Å². The van der Waals surface area contributed by atoms with Crippen molar-refractivity contribution in [1.29, 1.82) is 0 Å². The molecule has 0 saturated carbocycles. The van der Waals surface area contributed by atoms with E-state index in [2.05, 4.69) is 4.74 Å². The number of phenols is 5. The number of phenolic OH excluding ortho intramolecular Hbond substituents is 5. The molecule has 46 heavy (non-hydrogen) atoms.